The minimum atomic E-state index is -3.29. The van der Waals surface area contributed by atoms with Gasteiger partial charge in [0.1, 0.15) is 0 Å². The van der Waals surface area contributed by atoms with Crippen molar-refractivity contribution in [3.63, 3.8) is 0 Å². The quantitative estimate of drug-likeness (QED) is 0.768. The smallest absolute Gasteiger partial charge is 0.255 e. The van der Waals surface area contributed by atoms with Crippen molar-refractivity contribution in [2.75, 3.05) is 29.0 Å². The number of anilines is 2. The van der Waals surface area contributed by atoms with E-state index in [1.165, 1.54) is 10.6 Å². The first kappa shape index (κ1) is 21.2. The molecule has 0 unspecified atom stereocenters. The molecule has 0 aromatic heterocycles. The second kappa shape index (κ2) is 8.73. The zero-order chi connectivity index (χ0) is 18.7. The lowest BCUT2D eigenvalue weighted by atomic mass is 10.1. The third-order valence-corrected chi connectivity index (χ3v) is 5.61. The fourth-order valence-electron chi connectivity index (χ4n) is 3.11. The van der Waals surface area contributed by atoms with Crippen molar-refractivity contribution < 1.29 is 13.2 Å². The minimum absolute atomic E-state index is 0. The molecular weight excluding hydrogens is 386 g/mol. The van der Waals surface area contributed by atoms with Gasteiger partial charge in [-0.1, -0.05) is 25.1 Å². The molecule has 0 saturated carbocycles. The van der Waals surface area contributed by atoms with Gasteiger partial charge >= 0.3 is 0 Å². The molecule has 3 rings (SSSR count). The Balaban J connectivity index is 0.00000261. The third kappa shape index (κ3) is 4.80. The normalized spacial score (nSPS) is 13.0. The number of amides is 1. The molecule has 0 fully saturated rings. The Morgan fingerprint density at radius 1 is 1.19 bits per heavy atom. The predicted molar refractivity (Wildman–Crippen MR) is 111 cm³/mol. The highest BCUT2D eigenvalue weighted by atomic mass is 35.5. The number of fused-ring (bicyclic) bond motifs is 1. The number of carbonyl (C=O) groups is 1. The van der Waals surface area contributed by atoms with E-state index in [1.807, 2.05) is 31.2 Å². The number of hydrogen-bond acceptors (Lipinski definition) is 4. The van der Waals surface area contributed by atoms with Crippen LogP contribution in [0, 0.1) is 0 Å². The van der Waals surface area contributed by atoms with E-state index in [1.54, 1.807) is 18.2 Å². The summed E-state index contributed by atoms with van der Waals surface area (Å²) in [6.07, 6.45) is 1.81. The van der Waals surface area contributed by atoms with Gasteiger partial charge in [0.15, 0.2) is 0 Å². The molecule has 0 bridgehead atoms. The summed E-state index contributed by atoms with van der Waals surface area (Å²) in [5.41, 5.74) is 3.86. The molecule has 2 aromatic carbocycles. The molecule has 0 atom stereocenters. The lowest BCUT2D eigenvalue weighted by Crippen LogP contribution is -2.27. The summed E-state index contributed by atoms with van der Waals surface area (Å²) >= 11 is 0. The molecular formula is C19H24ClN3O3S. The molecule has 146 valence electrons. The fraction of sp³-hybridized carbons (Fsp3) is 0.316. The molecule has 0 radical (unpaired) electrons. The molecule has 0 aliphatic carbocycles. The van der Waals surface area contributed by atoms with E-state index in [9.17, 15) is 13.2 Å². The Morgan fingerprint density at radius 3 is 2.63 bits per heavy atom. The highest BCUT2D eigenvalue weighted by molar-refractivity contribution is 7.92. The van der Waals surface area contributed by atoms with E-state index >= 15 is 0 Å². The molecule has 2 aromatic rings. The molecule has 0 spiro atoms. The van der Waals surface area contributed by atoms with Crippen molar-refractivity contribution in [1.29, 1.82) is 0 Å². The van der Waals surface area contributed by atoms with Gasteiger partial charge in [-0.3, -0.25) is 9.10 Å². The van der Waals surface area contributed by atoms with Crippen LogP contribution in [0.2, 0.25) is 0 Å². The van der Waals surface area contributed by atoms with Crippen LogP contribution < -0.4 is 14.9 Å². The average Bonchev–Trinajstić information content (AvgIpc) is 3.04. The SMILES string of the molecule is CCNCc1ccccc1NC(=O)c1ccc2c(c1)CCN2S(C)(=O)=O.Cl. The summed E-state index contributed by atoms with van der Waals surface area (Å²) in [5, 5.41) is 6.21. The van der Waals surface area contributed by atoms with Crippen LogP contribution in [-0.4, -0.2) is 33.7 Å². The van der Waals surface area contributed by atoms with Crippen LogP contribution in [0.3, 0.4) is 0 Å². The highest BCUT2D eigenvalue weighted by Crippen LogP contribution is 2.31. The van der Waals surface area contributed by atoms with E-state index < -0.39 is 10.0 Å². The summed E-state index contributed by atoms with van der Waals surface area (Å²) in [5.74, 6) is -0.199. The first-order valence-corrected chi connectivity index (χ1v) is 10.5. The standard InChI is InChI=1S/C19H23N3O3S.ClH/c1-3-20-13-16-6-4-5-7-17(16)21-19(23)15-8-9-18-14(12-15)10-11-22(18)26(2,24)25;/h4-9,12,20H,3,10-11,13H2,1-2H3,(H,21,23);1H. The first-order chi connectivity index (χ1) is 12.4. The highest BCUT2D eigenvalue weighted by Gasteiger charge is 2.26. The van der Waals surface area contributed by atoms with Gasteiger partial charge in [0.2, 0.25) is 10.0 Å². The van der Waals surface area contributed by atoms with Crippen molar-refractivity contribution in [2.45, 2.75) is 19.9 Å². The van der Waals surface area contributed by atoms with E-state index in [4.69, 9.17) is 0 Å². The third-order valence-electron chi connectivity index (χ3n) is 4.43. The van der Waals surface area contributed by atoms with Crippen LogP contribution in [0.1, 0.15) is 28.4 Å². The number of rotatable bonds is 6. The van der Waals surface area contributed by atoms with Gasteiger partial charge < -0.3 is 10.6 Å². The molecule has 0 saturated heterocycles. The number of nitrogens with zero attached hydrogens (tertiary/aromatic N) is 1. The van der Waals surface area contributed by atoms with Crippen LogP contribution in [0.4, 0.5) is 11.4 Å². The van der Waals surface area contributed by atoms with Crippen molar-refractivity contribution in [2.24, 2.45) is 0 Å². The Bertz CT molecular complexity index is 932. The van der Waals surface area contributed by atoms with E-state index in [2.05, 4.69) is 10.6 Å². The predicted octanol–water partition coefficient (Wildman–Crippen LogP) is 2.79. The lowest BCUT2D eigenvalue weighted by molar-refractivity contribution is 0.102. The fourth-order valence-corrected chi connectivity index (χ4v) is 4.07. The maximum atomic E-state index is 12.7. The van der Waals surface area contributed by atoms with Gasteiger partial charge in [-0.15, -0.1) is 12.4 Å². The van der Waals surface area contributed by atoms with E-state index in [0.717, 1.165) is 23.4 Å². The summed E-state index contributed by atoms with van der Waals surface area (Å²) in [6, 6.07) is 12.8. The zero-order valence-corrected chi connectivity index (χ0v) is 17.0. The molecule has 27 heavy (non-hydrogen) atoms. The molecule has 1 aliphatic heterocycles. The van der Waals surface area contributed by atoms with Crippen LogP contribution >= 0.6 is 12.4 Å². The first-order valence-electron chi connectivity index (χ1n) is 8.60. The van der Waals surface area contributed by atoms with Crippen LogP contribution in [0.15, 0.2) is 42.5 Å². The van der Waals surface area contributed by atoms with Gasteiger partial charge in [0, 0.05) is 24.3 Å². The largest absolute Gasteiger partial charge is 0.322 e. The summed E-state index contributed by atoms with van der Waals surface area (Å²) in [6.45, 7) is 3.99. The topological polar surface area (TPSA) is 78.5 Å². The number of para-hydroxylation sites is 1. The molecule has 1 heterocycles. The number of hydrogen-bond donors (Lipinski definition) is 2. The summed E-state index contributed by atoms with van der Waals surface area (Å²) in [4.78, 5) is 12.7. The second-order valence-electron chi connectivity index (χ2n) is 6.32. The van der Waals surface area contributed by atoms with Gasteiger partial charge in [0.05, 0.1) is 11.9 Å². The average molecular weight is 410 g/mol. The van der Waals surface area contributed by atoms with Gasteiger partial charge in [0.25, 0.3) is 5.91 Å². The molecule has 8 heteroatoms. The van der Waals surface area contributed by atoms with Gasteiger partial charge in [-0.2, -0.15) is 0 Å². The van der Waals surface area contributed by atoms with Crippen molar-refractivity contribution >= 4 is 39.7 Å². The maximum absolute atomic E-state index is 12.7. The van der Waals surface area contributed by atoms with Crippen LogP contribution in [0.5, 0.6) is 0 Å². The number of sulfonamides is 1. The van der Waals surface area contributed by atoms with Gasteiger partial charge in [-0.25, -0.2) is 8.42 Å². The Kier molecular flexibility index (Phi) is 6.86. The summed E-state index contributed by atoms with van der Waals surface area (Å²) < 4.78 is 25.0. The molecule has 6 nitrogen and oxygen atoms in total. The molecule has 2 N–H and O–H groups in total. The van der Waals surface area contributed by atoms with Crippen LogP contribution in [0.25, 0.3) is 0 Å². The monoisotopic (exact) mass is 409 g/mol. The number of carbonyl (C=O) groups excluding carboxylic acids is 1. The summed E-state index contributed by atoms with van der Waals surface area (Å²) in [7, 11) is -3.29. The van der Waals surface area contributed by atoms with E-state index in [0.29, 0.717) is 30.8 Å². The van der Waals surface area contributed by atoms with Crippen LogP contribution in [-0.2, 0) is 23.0 Å². The lowest BCUT2D eigenvalue weighted by Gasteiger charge is -2.16. The Morgan fingerprint density at radius 2 is 1.93 bits per heavy atom. The van der Waals surface area contributed by atoms with E-state index in [-0.39, 0.29) is 18.3 Å². The maximum Gasteiger partial charge on any atom is 0.255 e. The molecule has 1 aliphatic rings. The zero-order valence-electron chi connectivity index (χ0n) is 15.4. The number of halogens is 1. The van der Waals surface area contributed by atoms with Crippen molar-refractivity contribution in [1.82, 2.24) is 5.32 Å². The number of benzene rings is 2. The van der Waals surface area contributed by atoms with Crippen molar-refractivity contribution in [3.8, 4) is 0 Å². The second-order valence-corrected chi connectivity index (χ2v) is 8.23. The molecule has 1 amide bonds. The Hall–Kier alpha value is -2.09. The Labute approximate surface area is 166 Å². The van der Waals surface area contributed by atoms with Crippen molar-refractivity contribution in [3.05, 3.63) is 59.2 Å². The van der Waals surface area contributed by atoms with Gasteiger partial charge in [-0.05, 0) is 48.4 Å². The number of nitrogens with one attached hydrogen (secondary N) is 2. The minimum Gasteiger partial charge on any atom is -0.322 e.